The Bertz CT molecular complexity index is 2790. The highest BCUT2D eigenvalue weighted by Gasteiger charge is 2.24. The average Bonchev–Trinajstić information content (AvgIpc) is 3.75. The van der Waals surface area contributed by atoms with Crippen molar-refractivity contribution >= 4 is 88.8 Å². The quantitative estimate of drug-likeness (QED) is 0.181. The van der Waals surface area contributed by atoms with Gasteiger partial charge in [-0.2, -0.15) is 0 Å². The summed E-state index contributed by atoms with van der Waals surface area (Å²) in [5.41, 5.74) is 9.57. The maximum Gasteiger partial charge on any atom is 0.159 e. The number of hydrogen-bond acceptors (Lipinski definition) is 4. The third-order valence-corrected chi connectivity index (χ3v) is 9.62. The van der Waals surface area contributed by atoms with Gasteiger partial charge in [0.05, 0.1) is 22.4 Å². The van der Waals surface area contributed by atoms with Gasteiger partial charge in [0, 0.05) is 44.7 Å². The van der Waals surface area contributed by atoms with Gasteiger partial charge in [-0.3, -0.25) is 0 Å². The van der Waals surface area contributed by atoms with Crippen LogP contribution < -0.4 is 9.80 Å². The Morgan fingerprint density at radius 3 is 1.72 bits per heavy atom. The molecule has 236 valence electrons. The van der Waals surface area contributed by atoms with Crippen molar-refractivity contribution in [3.05, 3.63) is 182 Å². The van der Waals surface area contributed by atoms with Crippen LogP contribution in [0.1, 0.15) is 0 Å². The highest BCUT2D eigenvalue weighted by molar-refractivity contribution is 6.18. The molecule has 0 aliphatic heterocycles. The topological polar surface area (TPSA) is 32.8 Å². The van der Waals surface area contributed by atoms with E-state index in [0.29, 0.717) is 0 Å². The van der Waals surface area contributed by atoms with E-state index in [0.717, 1.165) is 83.4 Å². The molecule has 0 aliphatic rings. The smallest absolute Gasteiger partial charge is 0.159 e. The van der Waals surface area contributed by atoms with Crippen molar-refractivity contribution in [1.82, 2.24) is 0 Å². The monoisotopic (exact) mass is 642 g/mol. The van der Waals surface area contributed by atoms with Crippen molar-refractivity contribution in [3.8, 4) is 0 Å². The molecule has 8 aromatic carbocycles. The fourth-order valence-electron chi connectivity index (χ4n) is 7.42. The maximum absolute atomic E-state index is 6.88. The summed E-state index contributed by atoms with van der Waals surface area (Å²) < 4.78 is 13.3. The molecule has 0 N–H and O–H groups in total. The summed E-state index contributed by atoms with van der Waals surface area (Å²) >= 11 is 0. The molecule has 2 aromatic heterocycles. The molecule has 0 aliphatic carbocycles. The summed E-state index contributed by atoms with van der Waals surface area (Å²) in [5, 5.41) is 6.63. The van der Waals surface area contributed by atoms with Crippen LogP contribution in [-0.4, -0.2) is 0 Å². The zero-order valence-corrected chi connectivity index (χ0v) is 27.0. The van der Waals surface area contributed by atoms with E-state index in [1.165, 1.54) is 5.39 Å². The van der Waals surface area contributed by atoms with Gasteiger partial charge >= 0.3 is 0 Å². The fourth-order valence-corrected chi connectivity index (χ4v) is 7.42. The van der Waals surface area contributed by atoms with Crippen molar-refractivity contribution in [2.75, 3.05) is 9.80 Å². The second-order valence-corrected chi connectivity index (χ2v) is 12.5. The lowest BCUT2D eigenvalue weighted by Crippen LogP contribution is -2.11. The molecule has 0 saturated heterocycles. The Balaban J connectivity index is 1.25. The standard InChI is InChI=1S/C46H30N2O2/c1-3-16-32(17-4-1)47(33-18-5-2-6-19-33)41-25-12-22-38-45-40(24-13-27-43(45)50-46(38)41)48(39-23-11-15-31-14-7-8-20-35(31)39)34-28-29-37-36-21-9-10-26-42(36)49-44(37)30-34/h1-30H. The van der Waals surface area contributed by atoms with Gasteiger partial charge in [-0.15, -0.1) is 0 Å². The lowest BCUT2D eigenvalue weighted by Gasteiger charge is -2.27. The van der Waals surface area contributed by atoms with E-state index in [1.807, 2.05) is 24.3 Å². The lowest BCUT2D eigenvalue weighted by atomic mass is 10.0. The average molecular weight is 643 g/mol. The van der Waals surface area contributed by atoms with Crippen molar-refractivity contribution in [2.45, 2.75) is 0 Å². The molecule has 0 saturated carbocycles. The molecular weight excluding hydrogens is 613 g/mol. The highest BCUT2D eigenvalue weighted by atomic mass is 16.3. The van der Waals surface area contributed by atoms with Crippen molar-refractivity contribution in [1.29, 1.82) is 0 Å². The molecule has 0 atom stereocenters. The van der Waals surface area contributed by atoms with E-state index < -0.39 is 0 Å². The van der Waals surface area contributed by atoms with Gasteiger partial charge in [0.25, 0.3) is 0 Å². The SMILES string of the molecule is c1ccc(N(c2ccccc2)c2cccc3c2oc2cccc(N(c4ccc5c(c4)oc4ccccc45)c4cccc5ccccc45)c23)cc1. The van der Waals surface area contributed by atoms with Gasteiger partial charge in [0.2, 0.25) is 0 Å². The number of para-hydroxylation sites is 4. The van der Waals surface area contributed by atoms with Crippen LogP contribution in [0.3, 0.4) is 0 Å². The predicted octanol–water partition coefficient (Wildman–Crippen LogP) is 13.6. The molecule has 4 heteroatoms. The summed E-state index contributed by atoms with van der Waals surface area (Å²) in [6.07, 6.45) is 0. The normalized spacial score (nSPS) is 11.6. The minimum Gasteiger partial charge on any atom is -0.456 e. The largest absolute Gasteiger partial charge is 0.456 e. The number of hydrogen-bond donors (Lipinski definition) is 0. The molecule has 0 amide bonds. The summed E-state index contributed by atoms with van der Waals surface area (Å²) in [5.74, 6) is 0. The van der Waals surface area contributed by atoms with Crippen LogP contribution in [0.15, 0.2) is 191 Å². The zero-order chi connectivity index (χ0) is 33.0. The third-order valence-electron chi connectivity index (χ3n) is 9.62. The second kappa shape index (κ2) is 11.4. The van der Waals surface area contributed by atoms with Gasteiger partial charge in [0.1, 0.15) is 16.7 Å². The lowest BCUT2D eigenvalue weighted by molar-refractivity contribution is 0.669. The molecule has 50 heavy (non-hydrogen) atoms. The van der Waals surface area contributed by atoms with Crippen LogP contribution in [0.4, 0.5) is 34.1 Å². The molecule has 10 aromatic rings. The molecule has 0 fully saturated rings. The van der Waals surface area contributed by atoms with Crippen LogP contribution in [0.5, 0.6) is 0 Å². The van der Waals surface area contributed by atoms with E-state index in [2.05, 4.69) is 168 Å². The van der Waals surface area contributed by atoms with E-state index >= 15 is 0 Å². The van der Waals surface area contributed by atoms with Gasteiger partial charge < -0.3 is 18.6 Å². The molecular formula is C46H30N2O2. The van der Waals surface area contributed by atoms with Crippen LogP contribution in [-0.2, 0) is 0 Å². The zero-order valence-electron chi connectivity index (χ0n) is 27.0. The molecule has 10 rings (SSSR count). The van der Waals surface area contributed by atoms with Crippen molar-refractivity contribution in [2.24, 2.45) is 0 Å². The first-order valence-electron chi connectivity index (χ1n) is 16.9. The van der Waals surface area contributed by atoms with Gasteiger partial charge in [0.15, 0.2) is 5.58 Å². The number of furan rings is 2. The Morgan fingerprint density at radius 1 is 0.320 bits per heavy atom. The molecule has 4 nitrogen and oxygen atoms in total. The second-order valence-electron chi connectivity index (χ2n) is 12.5. The minimum absolute atomic E-state index is 0.820. The molecule has 0 bridgehead atoms. The number of nitrogens with zero attached hydrogens (tertiary/aromatic N) is 2. The van der Waals surface area contributed by atoms with Gasteiger partial charge in [-0.05, 0) is 72.1 Å². The van der Waals surface area contributed by atoms with E-state index in [-0.39, 0.29) is 0 Å². The summed E-state index contributed by atoms with van der Waals surface area (Å²) in [7, 11) is 0. The Hall–Kier alpha value is -6.78. The summed E-state index contributed by atoms with van der Waals surface area (Å²) in [4.78, 5) is 4.62. The Labute approximate surface area is 288 Å². The summed E-state index contributed by atoms with van der Waals surface area (Å²) in [6.45, 7) is 0. The number of benzene rings is 8. The number of rotatable bonds is 6. The predicted molar refractivity (Wildman–Crippen MR) is 208 cm³/mol. The van der Waals surface area contributed by atoms with Crippen molar-refractivity contribution < 1.29 is 8.83 Å². The van der Waals surface area contributed by atoms with E-state index in [1.54, 1.807) is 0 Å². The van der Waals surface area contributed by atoms with Gasteiger partial charge in [-0.25, -0.2) is 0 Å². The van der Waals surface area contributed by atoms with E-state index in [4.69, 9.17) is 8.83 Å². The van der Waals surface area contributed by atoms with Crippen molar-refractivity contribution in [3.63, 3.8) is 0 Å². The molecule has 2 heterocycles. The number of fused-ring (bicyclic) bond motifs is 7. The number of anilines is 6. The van der Waals surface area contributed by atoms with Crippen LogP contribution >= 0.6 is 0 Å². The van der Waals surface area contributed by atoms with E-state index in [9.17, 15) is 0 Å². The summed E-state index contributed by atoms with van der Waals surface area (Å²) in [6, 6.07) is 63.5. The van der Waals surface area contributed by atoms with Gasteiger partial charge in [-0.1, -0.05) is 109 Å². The Kier molecular flexibility index (Phi) is 6.46. The first-order chi connectivity index (χ1) is 24.8. The minimum atomic E-state index is 0.820. The molecule has 0 radical (unpaired) electrons. The maximum atomic E-state index is 6.88. The fraction of sp³-hybridized carbons (Fsp3) is 0. The Morgan fingerprint density at radius 2 is 0.900 bits per heavy atom. The third kappa shape index (κ3) is 4.46. The highest BCUT2D eigenvalue weighted by Crippen LogP contribution is 2.48. The van der Waals surface area contributed by atoms with Crippen LogP contribution in [0.25, 0.3) is 54.6 Å². The van der Waals surface area contributed by atoms with Crippen LogP contribution in [0, 0.1) is 0 Å². The molecule has 0 unspecified atom stereocenters. The van der Waals surface area contributed by atoms with Crippen LogP contribution in [0.2, 0.25) is 0 Å². The molecule has 0 spiro atoms. The first-order valence-corrected chi connectivity index (χ1v) is 16.9. The first kappa shape index (κ1) is 28.3.